The molecule has 2 rings (SSSR count). The molecule has 0 aliphatic carbocycles. The first-order chi connectivity index (χ1) is 19.1. The molecular formula is C28H48BN4O7PS. The molecule has 14 heteroatoms. The quantitative estimate of drug-likeness (QED) is 0.105. The van der Waals surface area contributed by atoms with Gasteiger partial charge in [-0.25, -0.2) is 8.42 Å². The van der Waals surface area contributed by atoms with Crippen molar-refractivity contribution in [2.45, 2.75) is 114 Å². The van der Waals surface area contributed by atoms with Crippen LogP contribution in [-0.2, 0) is 24.3 Å². The Morgan fingerprint density at radius 1 is 1.12 bits per heavy atom. The summed E-state index contributed by atoms with van der Waals surface area (Å²) in [7, 11) is -0.876. The molecule has 11 nitrogen and oxygen atoms in total. The first kappa shape index (κ1) is 36.1. The zero-order valence-electron chi connectivity index (χ0n) is 26.3. The van der Waals surface area contributed by atoms with Crippen LogP contribution < -0.4 is 10.6 Å². The number of nitrogens with zero attached hydrogens (tertiary/aromatic N) is 2. The van der Waals surface area contributed by atoms with Crippen molar-refractivity contribution in [2.75, 3.05) is 13.1 Å². The predicted molar refractivity (Wildman–Crippen MR) is 169 cm³/mol. The number of carbonyl (C=O) groups excluding carboxylic acids is 2. The highest BCUT2D eigenvalue weighted by Crippen LogP contribution is 2.37. The lowest BCUT2D eigenvalue weighted by molar-refractivity contribution is -0.387. The van der Waals surface area contributed by atoms with Gasteiger partial charge in [-0.05, 0) is 53.5 Å². The van der Waals surface area contributed by atoms with Crippen LogP contribution in [-0.4, -0.2) is 71.9 Å². The van der Waals surface area contributed by atoms with Crippen LogP contribution in [0, 0.1) is 16.0 Å². The Morgan fingerprint density at radius 2 is 1.74 bits per heavy atom. The molecule has 1 aliphatic rings. The number of benzene rings is 1. The predicted octanol–water partition coefficient (Wildman–Crippen LogP) is 3.78. The van der Waals surface area contributed by atoms with Crippen LogP contribution in [0.3, 0.4) is 0 Å². The summed E-state index contributed by atoms with van der Waals surface area (Å²) in [6, 6.07) is 5.23. The third kappa shape index (κ3) is 8.97. The van der Waals surface area contributed by atoms with Gasteiger partial charge in [0.2, 0.25) is 21.8 Å². The molecule has 1 aromatic rings. The van der Waals surface area contributed by atoms with E-state index in [0.29, 0.717) is 26.7 Å². The lowest BCUT2D eigenvalue weighted by Crippen LogP contribution is -2.65. The second-order valence-electron chi connectivity index (χ2n) is 13.3. The molecule has 0 bridgehead atoms. The van der Waals surface area contributed by atoms with Crippen molar-refractivity contribution in [3.05, 3.63) is 34.4 Å². The summed E-state index contributed by atoms with van der Waals surface area (Å²) in [5.41, 5.74) is -2.82. The minimum atomic E-state index is -4.23. The number of amides is 2. The van der Waals surface area contributed by atoms with Crippen LogP contribution in [0.4, 0.5) is 5.69 Å². The van der Waals surface area contributed by atoms with E-state index in [9.17, 15) is 28.1 Å². The second-order valence-corrected chi connectivity index (χ2v) is 16.7. The fraction of sp³-hybridized carbons (Fsp3) is 0.714. The molecule has 2 amide bonds. The van der Waals surface area contributed by atoms with Gasteiger partial charge in [-0.1, -0.05) is 45.1 Å². The first-order valence-corrected chi connectivity index (χ1v) is 16.4. The fourth-order valence-electron chi connectivity index (χ4n) is 5.00. The van der Waals surface area contributed by atoms with E-state index in [1.165, 1.54) is 29.4 Å². The largest absolute Gasteiger partial charge is 0.434 e. The molecule has 0 radical (unpaired) electrons. The summed E-state index contributed by atoms with van der Waals surface area (Å²) in [6.07, 6.45) is 2.70. The van der Waals surface area contributed by atoms with Gasteiger partial charge in [-0.2, -0.15) is 4.31 Å². The Kier molecular flexibility index (Phi) is 11.8. The smallest absolute Gasteiger partial charge is 0.289 e. The van der Waals surface area contributed by atoms with Crippen molar-refractivity contribution >= 4 is 44.2 Å². The standard InChI is InChI=1S/C28H48BN4O7PS/c1-20(34)30-28(24(35)31-25(2,3)4,16-11-12-17-29-40-26(5,6)27(7,8)41)21-15-18-32(19-21)42(38,39)23-14-10-9-13-22(23)33(36)37/h9-10,13-14,21,29H,11-12,15-19,41H2,1-8H3,(H,30,34)(H,31,35). The van der Waals surface area contributed by atoms with Gasteiger partial charge in [-0.3, -0.25) is 19.7 Å². The minimum absolute atomic E-state index is 0.0627. The number of nitro benzene ring substituents is 1. The number of nitrogens with one attached hydrogen (secondary N) is 2. The molecule has 1 aromatic carbocycles. The molecule has 3 unspecified atom stereocenters. The van der Waals surface area contributed by atoms with Crippen molar-refractivity contribution in [1.29, 1.82) is 0 Å². The van der Waals surface area contributed by atoms with Gasteiger partial charge < -0.3 is 15.3 Å². The monoisotopic (exact) mass is 626 g/mol. The van der Waals surface area contributed by atoms with Crippen LogP contribution in [0.5, 0.6) is 0 Å². The lowest BCUT2D eigenvalue weighted by atomic mass is 9.76. The Morgan fingerprint density at radius 3 is 2.29 bits per heavy atom. The molecule has 3 atom stereocenters. The van der Waals surface area contributed by atoms with Crippen molar-refractivity contribution in [1.82, 2.24) is 14.9 Å². The highest BCUT2D eigenvalue weighted by molar-refractivity contribution is 7.89. The summed E-state index contributed by atoms with van der Waals surface area (Å²) in [5, 5.41) is 17.4. The zero-order chi connectivity index (χ0) is 32.1. The molecule has 1 aliphatic heterocycles. The van der Waals surface area contributed by atoms with Gasteiger partial charge in [0.1, 0.15) is 5.54 Å². The lowest BCUT2D eigenvalue weighted by Gasteiger charge is -2.40. The maximum atomic E-state index is 13.9. The van der Waals surface area contributed by atoms with Gasteiger partial charge in [0, 0.05) is 42.7 Å². The molecule has 0 spiro atoms. The number of hydrogen-bond acceptors (Lipinski definition) is 7. The maximum Gasteiger partial charge on any atom is 0.289 e. The van der Waals surface area contributed by atoms with E-state index in [1.807, 2.05) is 34.6 Å². The van der Waals surface area contributed by atoms with E-state index < -0.39 is 48.4 Å². The zero-order valence-corrected chi connectivity index (χ0v) is 28.3. The summed E-state index contributed by atoms with van der Waals surface area (Å²) >= 11 is 0. The number of para-hydroxylation sites is 1. The average Bonchev–Trinajstić information content (AvgIpc) is 3.35. The van der Waals surface area contributed by atoms with Crippen LogP contribution in [0.1, 0.15) is 81.1 Å². The van der Waals surface area contributed by atoms with E-state index in [1.54, 1.807) is 0 Å². The van der Waals surface area contributed by atoms with Crippen LogP contribution in [0.25, 0.3) is 0 Å². The Balaban J connectivity index is 2.32. The molecule has 42 heavy (non-hydrogen) atoms. The number of sulfonamides is 1. The van der Waals surface area contributed by atoms with Gasteiger partial charge in [0.05, 0.1) is 10.5 Å². The van der Waals surface area contributed by atoms with Crippen molar-refractivity contribution in [3.8, 4) is 0 Å². The van der Waals surface area contributed by atoms with Crippen molar-refractivity contribution < 1.29 is 27.6 Å². The minimum Gasteiger partial charge on any atom is -0.434 e. The Hall–Kier alpha value is -2.08. The Bertz CT molecular complexity index is 1250. The van der Waals surface area contributed by atoms with Crippen molar-refractivity contribution in [3.63, 3.8) is 0 Å². The van der Waals surface area contributed by atoms with Gasteiger partial charge in [-0.15, -0.1) is 9.24 Å². The average molecular weight is 627 g/mol. The molecule has 1 saturated heterocycles. The second kappa shape index (κ2) is 13.7. The summed E-state index contributed by atoms with van der Waals surface area (Å²) < 4.78 is 34.4. The third-order valence-corrected chi connectivity index (χ3v) is 10.7. The maximum absolute atomic E-state index is 13.9. The Labute approximate surface area is 254 Å². The number of hydrogen-bond donors (Lipinski definition) is 2. The molecule has 2 N–H and O–H groups in total. The van der Waals surface area contributed by atoms with Gasteiger partial charge >= 0.3 is 0 Å². The SMILES string of the molecule is CC(=O)NC(CCCCBOC(C)(C)C(C)(C)P)(C(=O)NC(C)(C)C)C1CCN(S(=O)(=O)c2ccccc2[N+](=O)[O-])C1. The topological polar surface area (TPSA) is 148 Å². The number of carbonyl (C=O) groups is 2. The van der Waals surface area contributed by atoms with Crippen molar-refractivity contribution in [2.24, 2.45) is 5.92 Å². The normalized spacial score (nSPS) is 18.3. The first-order valence-electron chi connectivity index (χ1n) is 14.4. The summed E-state index contributed by atoms with van der Waals surface area (Å²) in [6.45, 7) is 15.1. The number of rotatable bonds is 14. The number of nitro groups is 1. The van der Waals surface area contributed by atoms with Crippen LogP contribution in [0.2, 0.25) is 6.32 Å². The summed E-state index contributed by atoms with van der Waals surface area (Å²) in [5.74, 6) is -1.32. The molecule has 1 fully saturated rings. The molecular weight excluding hydrogens is 578 g/mol. The molecule has 1 heterocycles. The highest BCUT2D eigenvalue weighted by Gasteiger charge is 2.51. The third-order valence-electron chi connectivity index (χ3n) is 8.05. The van der Waals surface area contributed by atoms with E-state index in [4.69, 9.17) is 4.65 Å². The van der Waals surface area contributed by atoms with E-state index in [-0.39, 0.29) is 29.8 Å². The molecule has 0 saturated carbocycles. The summed E-state index contributed by atoms with van der Waals surface area (Å²) in [4.78, 5) is 36.9. The van der Waals surface area contributed by atoms with E-state index in [0.717, 1.165) is 18.8 Å². The van der Waals surface area contributed by atoms with Gasteiger partial charge in [0.25, 0.3) is 13.2 Å². The highest BCUT2D eigenvalue weighted by atomic mass is 32.2. The number of unbranched alkanes of at least 4 members (excludes halogenated alkanes) is 1. The van der Waals surface area contributed by atoms with Crippen LogP contribution in [0.15, 0.2) is 29.2 Å². The van der Waals surface area contributed by atoms with Gasteiger partial charge in [0.15, 0.2) is 4.90 Å². The van der Waals surface area contributed by atoms with E-state index in [2.05, 4.69) is 33.7 Å². The van der Waals surface area contributed by atoms with Crippen LogP contribution >= 0.6 is 9.24 Å². The molecule has 0 aromatic heterocycles. The molecule has 236 valence electrons. The van der Waals surface area contributed by atoms with E-state index >= 15 is 0 Å². The fourth-order valence-corrected chi connectivity index (χ4v) is 6.74.